The molecule has 0 fully saturated rings. The molecule has 21 heavy (non-hydrogen) atoms. The molecular weight excluding hydrogens is 304 g/mol. The molecule has 0 radical (unpaired) electrons. The average Bonchev–Trinajstić information content (AvgIpc) is 2.36. The zero-order chi connectivity index (χ0) is 16.3. The SMILES string of the molecule is Cc1ccc(NS(C)(=O)=O)c(C(=O)NCC(F)(F)CN)c1. The van der Waals surface area contributed by atoms with Gasteiger partial charge in [-0.15, -0.1) is 0 Å². The van der Waals surface area contributed by atoms with E-state index in [0.717, 1.165) is 6.26 Å². The van der Waals surface area contributed by atoms with Crippen LogP contribution in [0.2, 0.25) is 0 Å². The molecule has 1 amide bonds. The van der Waals surface area contributed by atoms with E-state index in [9.17, 15) is 22.0 Å². The van der Waals surface area contributed by atoms with Gasteiger partial charge in [-0.25, -0.2) is 17.2 Å². The summed E-state index contributed by atoms with van der Waals surface area (Å²) in [6.45, 7) is -0.125. The van der Waals surface area contributed by atoms with Crippen LogP contribution in [0.15, 0.2) is 18.2 Å². The third kappa shape index (κ3) is 5.64. The number of nitrogens with two attached hydrogens (primary N) is 1. The van der Waals surface area contributed by atoms with Gasteiger partial charge in [0, 0.05) is 0 Å². The monoisotopic (exact) mass is 321 g/mol. The first-order valence-electron chi connectivity index (χ1n) is 5.98. The molecule has 0 atom stereocenters. The van der Waals surface area contributed by atoms with Crippen LogP contribution in [-0.2, 0) is 10.0 Å². The van der Waals surface area contributed by atoms with E-state index in [2.05, 4.69) is 4.72 Å². The maximum absolute atomic E-state index is 13.0. The number of carbonyl (C=O) groups excluding carboxylic acids is 1. The highest BCUT2D eigenvalue weighted by Gasteiger charge is 2.28. The van der Waals surface area contributed by atoms with Crippen LogP contribution in [0.4, 0.5) is 14.5 Å². The minimum Gasteiger partial charge on any atom is -0.346 e. The summed E-state index contributed by atoms with van der Waals surface area (Å²) in [7, 11) is -3.59. The Morgan fingerprint density at radius 1 is 1.38 bits per heavy atom. The second-order valence-corrected chi connectivity index (χ2v) is 6.41. The zero-order valence-electron chi connectivity index (χ0n) is 11.6. The largest absolute Gasteiger partial charge is 0.346 e. The van der Waals surface area contributed by atoms with Crippen LogP contribution in [0.1, 0.15) is 15.9 Å². The molecule has 0 aliphatic rings. The third-order valence-corrected chi connectivity index (χ3v) is 3.11. The number of hydrogen-bond donors (Lipinski definition) is 3. The summed E-state index contributed by atoms with van der Waals surface area (Å²) in [5, 5.41) is 2.04. The van der Waals surface area contributed by atoms with Gasteiger partial charge in [-0.3, -0.25) is 9.52 Å². The normalized spacial score (nSPS) is 12.0. The quantitative estimate of drug-likeness (QED) is 0.717. The molecule has 0 aliphatic heterocycles. The number of amides is 1. The Bertz CT molecular complexity index is 633. The predicted molar refractivity (Wildman–Crippen MR) is 76.0 cm³/mol. The van der Waals surface area contributed by atoms with Gasteiger partial charge in [-0.05, 0) is 19.1 Å². The van der Waals surface area contributed by atoms with Crippen molar-refractivity contribution in [1.29, 1.82) is 0 Å². The van der Waals surface area contributed by atoms with Crippen molar-refractivity contribution in [2.24, 2.45) is 5.73 Å². The van der Waals surface area contributed by atoms with Gasteiger partial charge in [0.15, 0.2) is 0 Å². The maximum Gasteiger partial charge on any atom is 0.277 e. The lowest BCUT2D eigenvalue weighted by Crippen LogP contribution is -2.41. The van der Waals surface area contributed by atoms with Crippen LogP contribution in [0.5, 0.6) is 0 Å². The third-order valence-electron chi connectivity index (χ3n) is 2.52. The van der Waals surface area contributed by atoms with Gasteiger partial charge in [0.25, 0.3) is 11.8 Å². The lowest BCUT2D eigenvalue weighted by Gasteiger charge is -2.16. The first-order valence-corrected chi connectivity index (χ1v) is 7.88. The fraction of sp³-hybridized carbons (Fsp3) is 0.417. The molecule has 0 aromatic heterocycles. The number of halogens is 2. The van der Waals surface area contributed by atoms with Gasteiger partial charge in [-0.2, -0.15) is 0 Å². The van der Waals surface area contributed by atoms with Crippen molar-refractivity contribution in [3.8, 4) is 0 Å². The standard InChI is InChI=1S/C12H17F2N3O3S/c1-8-3-4-10(17-21(2,19)20)9(5-8)11(18)16-7-12(13,14)6-15/h3-5,17H,6-7,15H2,1-2H3,(H,16,18). The van der Waals surface area contributed by atoms with Gasteiger partial charge >= 0.3 is 0 Å². The lowest BCUT2D eigenvalue weighted by molar-refractivity contribution is 0.0119. The van der Waals surface area contributed by atoms with Crippen LogP contribution >= 0.6 is 0 Å². The zero-order valence-corrected chi connectivity index (χ0v) is 12.4. The molecule has 0 spiro atoms. The first kappa shape index (κ1) is 17.3. The van der Waals surface area contributed by atoms with E-state index < -0.39 is 34.9 Å². The number of benzene rings is 1. The van der Waals surface area contributed by atoms with Crippen LogP contribution in [0.25, 0.3) is 0 Å². The van der Waals surface area contributed by atoms with Crippen LogP contribution in [-0.4, -0.2) is 39.6 Å². The van der Waals surface area contributed by atoms with Gasteiger partial charge in [0.1, 0.15) is 0 Å². The Morgan fingerprint density at radius 2 is 2.00 bits per heavy atom. The van der Waals surface area contributed by atoms with E-state index >= 15 is 0 Å². The van der Waals surface area contributed by atoms with Crippen LogP contribution in [0, 0.1) is 6.92 Å². The average molecular weight is 321 g/mol. The maximum atomic E-state index is 13.0. The molecule has 1 aromatic carbocycles. The molecule has 0 unspecified atom stereocenters. The molecule has 0 saturated heterocycles. The van der Waals surface area contributed by atoms with Crippen molar-refractivity contribution in [3.05, 3.63) is 29.3 Å². The molecule has 118 valence electrons. The first-order chi connectivity index (χ1) is 9.54. The lowest BCUT2D eigenvalue weighted by atomic mass is 10.1. The van der Waals surface area contributed by atoms with E-state index in [4.69, 9.17) is 5.73 Å². The number of hydrogen-bond acceptors (Lipinski definition) is 4. The second kappa shape index (κ2) is 6.35. The Morgan fingerprint density at radius 3 is 2.52 bits per heavy atom. The Labute approximate surface area is 121 Å². The number of rotatable bonds is 6. The van der Waals surface area contributed by atoms with Gasteiger partial charge in [0.2, 0.25) is 10.0 Å². The van der Waals surface area contributed by atoms with Crippen molar-refractivity contribution in [2.45, 2.75) is 12.8 Å². The highest BCUT2D eigenvalue weighted by atomic mass is 32.2. The van der Waals surface area contributed by atoms with Gasteiger partial charge in [0.05, 0.1) is 30.6 Å². The second-order valence-electron chi connectivity index (χ2n) is 4.67. The molecule has 0 heterocycles. The molecular formula is C12H17F2N3O3S. The summed E-state index contributed by atoms with van der Waals surface area (Å²) in [5.74, 6) is -4.03. The molecule has 0 bridgehead atoms. The summed E-state index contributed by atoms with van der Waals surface area (Å²) >= 11 is 0. The van der Waals surface area contributed by atoms with E-state index in [1.54, 1.807) is 13.0 Å². The van der Waals surface area contributed by atoms with Gasteiger partial charge in [-0.1, -0.05) is 11.6 Å². The minimum atomic E-state index is -3.59. The van der Waals surface area contributed by atoms with Crippen molar-refractivity contribution in [2.75, 3.05) is 24.1 Å². The summed E-state index contributed by atoms with van der Waals surface area (Å²) in [4.78, 5) is 11.9. The van der Waals surface area contributed by atoms with E-state index in [1.165, 1.54) is 12.1 Å². The Kier molecular flexibility index (Phi) is 5.24. The molecule has 0 saturated carbocycles. The molecule has 6 nitrogen and oxygen atoms in total. The predicted octanol–water partition coefficient (Wildman–Crippen LogP) is 0.690. The number of carbonyl (C=O) groups is 1. The fourth-order valence-corrected chi connectivity index (χ4v) is 2.09. The number of anilines is 1. The van der Waals surface area contributed by atoms with E-state index in [1.807, 2.05) is 5.32 Å². The Hall–Kier alpha value is -1.74. The topological polar surface area (TPSA) is 101 Å². The van der Waals surface area contributed by atoms with Gasteiger partial charge < -0.3 is 11.1 Å². The highest BCUT2D eigenvalue weighted by Crippen LogP contribution is 2.19. The number of aryl methyl sites for hydroxylation is 1. The molecule has 4 N–H and O–H groups in total. The van der Waals surface area contributed by atoms with Crippen LogP contribution < -0.4 is 15.8 Å². The summed E-state index contributed by atoms with van der Waals surface area (Å²) in [6.07, 6.45) is 0.928. The van der Waals surface area contributed by atoms with Crippen molar-refractivity contribution in [1.82, 2.24) is 5.32 Å². The molecule has 9 heteroatoms. The number of nitrogens with one attached hydrogen (secondary N) is 2. The van der Waals surface area contributed by atoms with Crippen molar-refractivity contribution >= 4 is 21.6 Å². The summed E-state index contributed by atoms with van der Waals surface area (Å²) in [5.41, 5.74) is 5.55. The molecule has 1 aromatic rings. The number of sulfonamides is 1. The van der Waals surface area contributed by atoms with E-state index in [-0.39, 0.29) is 11.3 Å². The minimum absolute atomic E-state index is 0.0247. The summed E-state index contributed by atoms with van der Waals surface area (Å²) < 4.78 is 50.7. The summed E-state index contributed by atoms with van der Waals surface area (Å²) in [6, 6.07) is 4.40. The Balaban J connectivity index is 3.00. The van der Waals surface area contributed by atoms with Crippen molar-refractivity contribution < 1.29 is 22.0 Å². The highest BCUT2D eigenvalue weighted by molar-refractivity contribution is 7.92. The number of alkyl halides is 2. The van der Waals surface area contributed by atoms with Crippen LogP contribution in [0.3, 0.4) is 0 Å². The molecule has 0 aliphatic carbocycles. The smallest absolute Gasteiger partial charge is 0.277 e. The van der Waals surface area contributed by atoms with E-state index in [0.29, 0.717) is 5.56 Å². The molecule has 1 rings (SSSR count). The van der Waals surface area contributed by atoms with Crippen molar-refractivity contribution in [3.63, 3.8) is 0 Å². The fourth-order valence-electron chi connectivity index (χ4n) is 1.51.